The molecule has 2 atom stereocenters. The fourth-order valence-electron chi connectivity index (χ4n) is 3.88. The smallest absolute Gasteiger partial charge is 0.255 e. The van der Waals surface area contributed by atoms with Gasteiger partial charge in [-0.3, -0.25) is 4.79 Å². The molecule has 8 nitrogen and oxygen atoms in total. The van der Waals surface area contributed by atoms with E-state index in [1.807, 2.05) is 32.0 Å². The van der Waals surface area contributed by atoms with Gasteiger partial charge >= 0.3 is 0 Å². The molecule has 2 heterocycles. The van der Waals surface area contributed by atoms with Gasteiger partial charge in [0.1, 0.15) is 5.75 Å². The highest BCUT2D eigenvalue weighted by atomic mass is 32.2. The van der Waals surface area contributed by atoms with Gasteiger partial charge in [0.15, 0.2) is 5.16 Å². The third-order valence-corrected chi connectivity index (χ3v) is 6.36. The van der Waals surface area contributed by atoms with E-state index in [1.54, 1.807) is 38.1 Å². The molecule has 1 fully saturated rings. The Morgan fingerprint density at radius 3 is 2.62 bits per heavy atom. The first-order valence-corrected chi connectivity index (χ1v) is 11.6. The first-order valence-electron chi connectivity index (χ1n) is 10.6. The molecule has 0 spiro atoms. The summed E-state index contributed by atoms with van der Waals surface area (Å²) in [5.74, 6) is 1.44. The Morgan fingerprint density at radius 1 is 1.22 bits per heavy atom. The third-order valence-electron chi connectivity index (χ3n) is 5.43. The molecule has 0 aliphatic carbocycles. The summed E-state index contributed by atoms with van der Waals surface area (Å²) in [7, 11) is 3.29. The number of methoxy groups -OCH3 is 2. The number of nitrogens with zero attached hydrogens (tertiary/aromatic N) is 3. The lowest BCUT2D eigenvalue weighted by molar-refractivity contribution is 0.00655. The van der Waals surface area contributed by atoms with E-state index in [-0.39, 0.29) is 23.5 Å². The lowest BCUT2D eigenvalue weighted by atomic mass is 10.0. The molecule has 3 rings (SSSR count). The molecule has 3 N–H and O–H groups in total. The fraction of sp³-hybridized carbons (Fsp3) is 0.522. The van der Waals surface area contributed by atoms with Gasteiger partial charge in [-0.1, -0.05) is 23.9 Å². The van der Waals surface area contributed by atoms with E-state index in [4.69, 9.17) is 9.47 Å². The molecule has 176 valence electrons. The van der Waals surface area contributed by atoms with Crippen LogP contribution < -0.4 is 10.1 Å². The number of hydrogen-bond acceptors (Lipinski definition) is 7. The van der Waals surface area contributed by atoms with Crippen LogP contribution in [0.5, 0.6) is 5.75 Å². The molecule has 0 saturated carbocycles. The predicted molar refractivity (Wildman–Crippen MR) is 127 cm³/mol. The second kappa shape index (κ2) is 12.7. The van der Waals surface area contributed by atoms with E-state index in [0.717, 1.165) is 54.8 Å². The highest BCUT2D eigenvalue weighted by Gasteiger charge is 2.30. The number of piperidine rings is 1. The van der Waals surface area contributed by atoms with Crippen molar-refractivity contribution in [3.05, 3.63) is 47.3 Å². The van der Waals surface area contributed by atoms with Crippen LogP contribution in [-0.4, -0.2) is 78.0 Å². The minimum absolute atomic E-state index is 0. The molecule has 1 aromatic heterocycles. The van der Waals surface area contributed by atoms with Gasteiger partial charge in [0.05, 0.1) is 24.8 Å². The zero-order valence-electron chi connectivity index (χ0n) is 19.3. The highest BCUT2D eigenvalue weighted by molar-refractivity contribution is 7.99. The number of likely N-dealkylation sites (tertiary alicyclic amines) is 1. The number of nitrogens with one attached hydrogen (secondary N) is 1. The summed E-state index contributed by atoms with van der Waals surface area (Å²) in [5, 5.41) is 3.99. The SMILES string of the molecule is COc1ccccc1C(=O)NC1CCN(CCCSc2nc(C)cc(C)n2)CC1OC.O. The first-order chi connectivity index (χ1) is 15.0. The van der Waals surface area contributed by atoms with Gasteiger partial charge in [-0.05, 0) is 51.4 Å². The molecule has 1 amide bonds. The lowest BCUT2D eigenvalue weighted by Gasteiger charge is -2.38. The number of rotatable bonds is 9. The number of para-hydroxylation sites is 1. The highest BCUT2D eigenvalue weighted by Crippen LogP contribution is 2.20. The summed E-state index contributed by atoms with van der Waals surface area (Å²) in [6, 6.07) is 9.25. The van der Waals surface area contributed by atoms with Crippen LogP contribution in [0.15, 0.2) is 35.5 Å². The molecule has 1 saturated heterocycles. The molecule has 1 aliphatic heterocycles. The second-order valence-electron chi connectivity index (χ2n) is 7.78. The number of ether oxygens (including phenoxy) is 2. The molecule has 0 radical (unpaired) electrons. The van der Waals surface area contributed by atoms with Crippen molar-refractivity contribution < 1.29 is 19.7 Å². The average Bonchev–Trinajstić information content (AvgIpc) is 2.76. The molecular formula is C23H34N4O4S. The van der Waals surface area contributed by atoms with Crippen LogP contribution in [0.2, 0.25) is 0 Å². The van der Waals surface area contributed by atoms with E-state index >= 15 is 0 Å². The number of carbonyl (C=O) groups excluding carboxylic acids is 1. The summed E-state index contributed by atoms with van der Waals surface area (Å²) >= 11 is 1.70. The van der Waals surface area contributed by atoms with E-state index in [1.165, 1.54) is 0 Å². The summed E-state index contributed by atoms with van der Waals surface area (Å²) in [4.78, 5) is 24.1. The molecule has 2 aromatic rings. The van der Waals surface area contributed by atoms with Crippen LogP contribution in [0.4, 0.5) is 0 Å². The zero-order valence-corrected chi connectivity index (χ0v) is 20.1. The monoisotopic (exact) mass is 462 g/mol. The third kappa shape index (κ3) is 7.16. The Bertz CT molecular complexity index is 863. The van der Waals surface area contributed by atoms with E-state index in [0.29, 0.717) is 11.3 Å². The molecule has 1 aromatic carbocycles. The fourth-order valence-corrected chi connectivity index (χ4v) is 4.75. The quantitative estimate of drug-likeness (QED) is 0.346. The van der Waals surface area contributed by atoms with Crippen molar-refractivity contribution in [3.63, 3.8) is 0 Å². The Kier molecular flexibility index (Phi) is 10.4. The first kappa shape index (κ1) is 26.1. The molecule has 2 unspecified atom stereocenters. The summed E-state index contributed by atoms with van der Waals surface area (Å²) < 4.78 is 11.0. The zero-order chi connectivity index (χ0) is 22.2. The lowest BCUT2D eigenvalue weighted by Crippen LogP contribution is -2.55. The van der Waals surface area contributed by atoms with Crippen molar-refractivity contribution in [2.24, 2.45) is 0 Å². The molecule has 0 bridgehead atoms. The summed E-state index contributed by atoms with van der Waals surface area (Å²) in [6.45, 7) is 6.73. The van der Waals surface area contributed by atoms with Crippen LogP contribution in [0.1, 0.15) is 34.6 Å². The summed E-state index contributed by atoms with van der Waals surface area (Å²) in [6.07, 6.45) is 1.87. The minimum Gasteiger partial charge on any atom is -0.496 e. The maximum Gasteiger partial charge on any atom is 0.255 e. The van der Waals surface area contributed by atoms with Crippen LogP contribution in [0.25, 0.3) is 0 Å². The Labute approximate surface area is 194 Å². The van der Waals surface area contributed by atoms with Crippen molar-refractivity contribution in [1.29, 1.82) is 0 Å². The van der Waals surface area contributed by atoms with Gasteiger partial charge in [0.25, 0.3) is 5.91 Å². The topological polar surface area (TPSA) is 108 Å². The van der Waals surface area contributed by atoms with Crippen LogP contribution in [0.3, 0.4) is 0 Å². The van der Waals surface area contributed by atoms with E-state index in [9.17, 15) is 4.79 Å². The largest absolute Gasteiger partial charge is 0.496 e. The summed E-state index contributed by atoms with van der Waals surface area (Å²) in [5.41, 5.74) is 2.57. The van der Waals surface area contributed by atoms with Crippen molar-refractivity contribution in [1.82, 2.24) is 20.2 Å². The number of aromatic nitrogens is 2. The minimum atomic E-state index is -0.122. The maximum atomic E-state index is 12.8. The number of hydrogen-bond donors (Lipinski definition) is 1. The standard InChI is InChI=1S/C23H32N4O3S.H2O/c1-16-14-17(2)25-23(24-16)31-13-7-11-27-12-10-19(21(15-27)30-4)26-22(28)18-8-5-6-9-20(18)29-3;/h5-6,8-9,14,19,21H,7,10-13,15H2,1-4H3,(H,26,28);1H2. The normalized spacial score (nSPS) is 18.6. The molecule has 32 heavy (non-hydrogen) atoms. The number of benzene rings is 1. The van der Waals surface area contributed by atoms with Gasteiger partial charge in [-0.15, -0.1) is 0 Å². The number of aryl methyl sites for hydroxylation is 2. The van der Waals surface area contributed by atoms with Crippen LogP contribution in [0, 0.1) is 13.8 Å². The van der Waals surface area contributed by atoms with E-state index in [2.05, 4.69) is 20.2 Å². The number of thioether (sulfide) groups is 1. The van der Waals surface area contributed by atoms with Crippen LogP contribution in [-0.2, 0) is 4.74 Å². The Balaban J connectivity index is 0.00000363. The van der Waals surface area contributed by atoms with Gasteiger partial charge in [-0.2, -0.15) is 0 Å². The van der Waals surface area contributed by atoms with Gasteiger partial charge in [0, 0.05) is 37.3 Å². The Morgan fingerprint density at radius 2 is 1.94 bits per heavy atom. The maximum absolute atomic E-state index is 12.8. The average molecular weight is 463 g/mol. The molecule has 1 aliphatic rings. The number of amides is 1. The van der Waals surface area contributed by atoms with Crippen LogP contribution >= 0.6 is 11.8 Å². The van der Waals surface area contributed by atoms with Gasteiger partial charge in [-0.25, -0.2) is 9.97 Å². The molecule has 9 heteroatoms. The van der Waals surface area contributed by atoms with Crippen molar-refractivity contribution >= 4 is 17.7 Å². The Hall–Kier alpha value is -2.20. The van der Waals surface area contributed by atoms with Crippen molar-refractivity contribution in [2.45, 2.75) is 44.0 Å². The van der Waals surface area contributed by atoms with Gasteiger partial charge < -0.3 is 25.2 Å². The van der Waals surface area contributed by atoms with Crippen molar-refractivity contribution in [3.8, 4) is 5.75 Å². The number of carbonyl (C=O) groups is 1. The molecular weight excluding hydrogens is 428 g/mol. The second-order valence-corrected chi connectivity index (χ2v) is 8.84. The van der Waals surface area contributed by atoms with E-state index < -0.39 is 0 Å². The predicted octanol–water partition coefficient (Wildman–Crippen LogP) is 2.28. The van der Waals surface area contributed by atoms with Gasteiger partial charge in [0.2, 0.25) is 0 Å². The van der Waals surface area contributed by atoms with Crippen molar-refractivity contribution in [2.75, 3.05) is 39.6 Å².